The standard InChI is InChI=1S/C17H17N3O3/c1-10-6-7-13(17(23)19-10)15(21)18-9-8-12-11-4-2-3-5-14(11)20-16(12)22/h2-7,12H,8-9H2,1H3,(H,18,21)(H,19,23)(H,20,22)/t12-/m1/s1. The Hall–Kier alpha value is -2.89. The predicted molar refractivity (Wildman–Crippen MR) is 86.6 cm³/mol. The zero-order valence-corrected chi connectivity index (χ0v) is 12.7. The largest absolute Gasteiger partial charge is 0.352 e. The summed E-state index contributed by atoms with van der Waals surface area (Å²) in [5, 5.41) is 5.52. The number of nitrogens with one attached hydrogen (secondary N) is 3. The fraction of sp³-hybridized carbons (Fsp3) is 0.235. The van der Waals surface area contributed by atoms with Crippen LogP contribution >= 0.6 is 0 Å². The third-order valence-corrected chi connectivity index (χ3v) is 3.93. The Morgan fingerprint density at radius 1 is 1.17 bits per heavy atom. The van der Waals surface area contributed by atoms with E-state index in [1.54, 1.807) is 13.0 Å². The van der Waals surface area contributed by atoms with E-state index in [1.165, 1.54) is 6.07 Å². The molecule has 2 aromatic rings. The number of rotatable bonds is 4. The lowest BCUT2D eigenvalue weighted by atomic mass is 9.97. The first kappa shape index (κ1) is 15.0. The molecule has 0 aliphatic carbocycles. The lowest BCUT2D eigenvalue weighted by Gasteiger charge is -2.10. The van der Waals surface area contributed by atoms with Gasteiger partial charge in [-0.05, 0) is 37.1 Å². The summed E-state index contributed by atoms with van der Waals surface area (Å²) in [6.45, 7) is 2.07. The molecule has 0 unspecified atom stereocenters. The average Bonchev–Trinajstić information content (AvgIpc) is 2.83. The van der Waals surface area contributed by atoms with Crippen LogP contribution in [-0.2, 0) is 4.79 Å². The Morgan fingerprint density at radius 3 is 2.74 bits per heavy atom. The summed E-state index contributed by atoms with van der Waals surface area (Å²) in [5.74, 6) is -0.769. The van der Waals surface area contributed by atoms with Crippen LogP contribution in [0.1, 0.15) is 34.0 Å². The minimum Gasteiger partial charge on any atom is -0.352 e. The molecule has 3 rings (SSSR count). The summed E-state index contributed by atoms with van der Waals surface area (Å²) in [7, 11) is 0. The van der Waals surface area contributed by atoms with Gasteiger partial charge in [0, 0.05) is 17.9 Å². The normalized spacial score (nSPS) is 15.9. The van der Waals surface area contributed by atoms with Crippen LogP contribution in [0.25, 0.3) is 0 Å². The number of benzene rings is 1. The molecule has 1 aliphatic heterocycles. The van der Waals surface area contributed by atoms with Crippen molar-refractivity contribution in [2.24, 2.45) is 0 Å². The third kappa shape index (κ3) is 3.01. The summed E-state index contributed by atoms with van der Waals surface area (Å²) in [6.07, 6.45) is 0.484. The van der Waals surface area contributed by atoms with Gasteiger partial charge in [-0.1, -0.05) is 18.2 Å². The molecular weight excluding hydrogens is 294 g/mol. The van der Waals surface area contributed by atoms with Gasteiger partial charge in [-0.15, -0.1) is 0 Å². The Morgan fingerprint density at radius 2 is 1.96 bits per heavy atom. The summed E-state index contributed by atoms with van der Waals surface area (Å²) in [4.78, 5) is 38.4. The van der Waals surface area contributed by atoms with Crippen molar-refractivity contribution in [3.8, 4) is 0 Å². The van der Waals surface area contributed by atoms with E-state index >= 15 is 0 Å². The van der Waals surface area contributed by atoms with Crippen molar-refractivity contribution in [1.82, 2.24) is 10.3 Å². The van der Waals surface area contributed by atoms with Gasteiger partial charge in [0.1, 0.15) is 5.56 Å². The van der Waals surface area contributed by atoms with Crippen LogP contribution < -0.4 is 16.2 Å². The van der Waals surface area contributed by atoms with Crippen molar-refractivity contribution < 1.29 is 9.59 Å². The van der Waals surface area contributed by atoms with E-state index in [2.05, 4.69) is 15.6 Å². The number of aromatic amines is 1. The number of pyridine rings is 1. The van der Waals surface area contributed by atoms with Gasteiger partial charge in [0.25, 0.3) is 11.5 Å². The van der Waals surface area contributed by atoms with Crippen molar-refractivity contribution in [2.45, 2.75) is 19.3 Å². The fourth-order valence-electron chi connectivity index (χ4n) is 2.74. The number of carbonyl (C=O) groups is 2. The number of hydrogen-bond donors (Lipinski definition) is 3. The van der Waals surface area contributed by atoms with E-state index in [-0.39, 0.29) is 17.4 Å². The Labute approximate surface area is 132 Å². The summed E-state index contributed by atoms with van der Waals surface area (Å²) in [6, 6.07) is 10.7. The zero-order valence-electron chi connectivity index (χ0n) is 12.7. The molecule has 2 amide bonds. The van der Waals surface area contributed by atoms with Crippen LogP contribution in [-0.4, -0.2) is 23.3 Å². The highest BCUT2D eigenvalue weighted by molar-refractivity contribution is 6.02. The van der Waals surface area contributed by atoms with Crippen LogP contribution in [0.5, 0.6) is 0 Å². The van der Waals surface area contributed by atoms with Crippen LogP contribution in [0.3, 0.4) is 0 Å². The number of amides is 2. The van der Waals surface area contributed by atoms with Gasteiger partial charge in [-0.3, -0.25) is 14.4 Å². The molecular formula is C17H17N3O3. The minimum absolute atomic E-state index is 0.0615. The maximum Gasteiger partial charge on any atom is 0.260 e. The second-order valence-corrected chi connectivity index (χ2v) is 5.56. The molecule has 0 saturated carbocycles. The molecule has 6 heteroatoms. The molecule has 0 bridgehead atoms. The second kappa shape index (κ2) is 6.08. The number of H-pyrrole nitrogens is 1. The van der Waals surface area contributed by atoms with Gasteiger partial charge >= 0.3 is 0 Å². The van der Waals surface area contributed by atoms with E-state index in [0.717, 1.165) is 11.3 Å². The topological polar surface area (TPSA) is 91.1 Å². The Balaban J connectivity index is 1.63. The number of carbonyl (C=O) groups excluding carboxylic acids is 2. The Bertz CT molecular complexity index is 826. The summed E-state index contributed by atoms with van der Waals surface area (Å²) >= 11 is 0. The molecule has 2 heterocycles. The van der Waals surface area contributed by atoms with Crippen molar-refractivity contribution in [3.05, 3.63) is 63.6 Å². The van der Waals surface area contributed by atoms with Crippen LogP contribution in [0.15, 0.2) is 41.2 Å². The number of aromatic nitrogens is 1. The first-order chi connectivity index (χ1) is 11.1. The first-order valence-corrected chi connectivity index (χ1v) is 7.44. The van der Waals surface area contributed by atoms with E-state index in [9.17, 15) is 14.4 Å². The van der Waals surface area contributed by atoms with Crippen molar-refractivity contribution in [3.63, 3.8) is 0 Å². The molecule has 0 radical (unpaired) electrons. The van der Waals surface area contributed by atoms with Crippen molar-refractivity contribution >= 4 is 17.5 Å². The maximum atomic E-state index is 12.0. The lowest BCUT2D eigenvalue weighted by molar-refractivity contribution is -0.117. The van der Waals surface area contributed by atoms with Crippen molar-refractivity contribution in [2.75, 3.05) is 11.9 Å². The molecule has 3 N–H and O–H groups in total. The van der Waals surface area contributed by atoms with E-state index in [4.69, 9.17) is 0 Å². The van der Waals surface area contributed by atoms with Crippen molar-refractivity contribution in [1.29, 1.82) is 0 Å². The quantitative estimate of drug-likeness (QED) is 0.800. The second-order valence-electron chi connectivity index (χ2n) is 5.56. The molecule has 1 aromatic carbocycles. The maximum absolute atomic E-state index is 12.0. The number of fused-ring (bicyclic) bond motifs is 1. The number of anilines is 1. The smallest absolute Gasteiger partial charge is 0.260 e. The van der Waals surface area contributed by atoms with E-state index in [1.807, 2.05) is 24.3 Å². The zero-order chi connectivity index (χ0) is 16.4. The fourth-order valence-corrected chi connectivity index (χ4v) is 2.74. The molecule has 118 valence electrons. The Kier molecular flexibility index (Phi) is 3.97. The van der Waals surface area contributed by atoms with E-state index < -0.39 is 11.5 Å². The molecule has 23 heavy (non-hydrogen) atoms. The SMILES string of the molecule is Cc1ccc(C(=O)NCC[C@H]2C(=O)Nc3ccccc32)c(=O)[nH]1. The van der Waals surface area contributed by atoms with Gasteiger partial charge in [-0.25, -0.2) is 0 Å². The third-order valence-electron chi connectivity index (χ3n) is 3.93. The van der Waals surface area contributed by atoms with Gasteiger partial charge in [0.15, 0.2) is 0 Å². The van der Waals surface area contributed by atoms with Crippen LogP contribution in [0.4, 0.5) is 5.69 Å². The highest BCUT2D eigenvalue weighted by Gasteiger charge is 2.29. The van der Waals surface area contributed by atoms with Crippen LogP contribution in [0, 0.1) is 6.92 Å². The molecule has 1 aliphatic rings. The number of hydrogen-bond acceptors (Lipinski definition) is 3. The number of para-hydroxylation sites is 1. The summed E-state index contributed by atoms with van der Waals surface area (Å²) < 4.78 is 0. The van der Waals surface area contributed by atoms with Gasteiger partial charge in [-0.2, -0.15) is 0 Å². The van der Waals surface area contributed by atoms with Gasteiger partial charge in [0.05, 0.1) is 5.92 Å². The molecule has 0 spiro atoms. The number of aryl methyl sites for hydroxylation is 1. The average molecular weight is 311 g/mol. The predicted octanol–water partition coefficient (Wildman–Crippen LogP) is 1.54. The summed E-state index contributed by atoms with van der Waals surface area (Å²) in [5.41, 5.74) is 2.13. The lowest BCUT2D eigenvalue weighted by Crippen LogP contribution is -2.31. The highest BCUT2D eigenvalue weighted by Crippen LogP contribution is 2.33. The monoisotopic (exact) mass is 311 g/mol. The first-order valence-electron chi connectivity index (χ1n) is 7.44. The van der Waals surface area contributed by atoms with Gasteiger partial charge in [0.2, 0.25) is 5.91 Å². The van der Waals surface area contributed by atoms with Crippen LogP contribution in [0.2, 0.25) is 0 Å². The minimum atomic E-state index is -0.432. The van der Waals surface area contributed by atoms with Gasteiger partial charge < -0.3 is 15.6 Å². The van der Waals surface area contributed by atoms with E-state index in [0.29, 0.717) is 18.7 Å². The molecule has 1 aromatic heterocycles. The molecule has 0 saturated heterocycles. The molecule has 0 fully saturated rings. The molecule has 6 nitrogen and oxygen atoms in total. The highest BCUT2D eigenvalue weighted by atomic mass is 16.2. The molecule has 1 atom stereocenters.